The number of likely N-dealkylation sites (tertiary alicyclic amines) is 1. The molecule has 23 heavy (non-hydrogen) atoms. The van der Waals surface area contributed by atoms with E-state index >= 15 is 0 Å². The second kappa shape index (κ2) is 7.78. The molecule has 2 fully saturated rings. The summed E-state index contributed by atoms with van der Waals surface area (Å²) in [6.45, 7) is 10.8. The zero-order valence-electron chi connectivity index (χ0n) is 14.7. The van der Waals surface area contributed by atoms with Crippen molar-refractivity contribution in [3.05, 3.63) is 35.9 Å². The SMILES string of the molecule is CC(C)(CN1CCC(OC[C@H]2CCOC2)CC1)c1ccccc1. The second-order valence-electron chi connectivity index (χ2n) is 7.79. The van der Waals surface area contributed by atoms with Gasteiger partial charge in [-0.05, 0) is 24.8 Å². The van der Waals surface area contributed by atoms with Crippen LogP contribution < -0.4 is 0 Å². The van der Waals surface area contributed by atoms with E-state index in [0.29, 0.717) is 12.0 Å². The summed E-state index contributed by atoms with van der Waals surface area (Å²) >= 11 is 0. The van der Waals surface area contributed by atoms with Crippen molar-refractivity contribution in [3.63, 3.8) is 0 Å². The van der Waals surface area contributed by atoms with E-state index in [1.165, 1.54) is 24.8 Å². The molecule has 0 radical (unpaired) electrons. The van der Waals surface area contributed by atoms with Crippen molar-refractivity contribution in [2.24, 2.45) is 5.92 Å². The zero-order chi connectivity index (χ0) is 16.1. The van der Waals surface area contributed by atoms with Gasteiger partial charge in [0.2, 0.25) is 0 Å². The average Bonchev–Trinajstić information content (AvgIpc) is 3.08. The summed E-state index contributed by atoms with van der Waals surface area (Å²) in [5.41, 5.74) is 1.63. The standard InChI is InChI=1S/C20H31NO2/c1-20(2,18-6-4-3-5-7-18)16-21-11-8-19(9-12-21)23-15-17-10-13-22-14-17/h3-7,17,19H,8-16H2,1-2H3/t17-/m0/s1. The third-order valence-electron chi connectivity index (χ3n) is 5.30. The molecule has 1 aromatic carbocycles. The molecule has 0 saturated carbocycles. The van der Waals surface area contributed by atoms with E-state index in [2.05, 4.69) is 49.1 Å². The lowest BCUT2D eigenvalue weighted by molar-refractivity contribution is -0.0129. The van der Waals surface area contributed by atoms with Gasteiger partial charge in [-0.1, -0.05) is 44.2 Å². The summed E-state index contributed by atoms with van der Waals surface area (Å²) in [5.74, 6) is 0.630. The Kier molecular flexibility index (Phi) is 5.73. The Hall–Kier alpha value is -0.900. The van der Waals surface area contributed by atoms with E-state index in [-0.39, 0.29) is 5.41 Å². The normalized spacial score (nSPS) is 24.2. The molecular weight excluding hydrogens is 286 g/mol. The summed E-state index contributed by atoms with van der Waals surface area (Å²) in [4.78, 5) is 2.60. The molecule has 3 nitrogen and oxygen atoms in total. The largest absolute Gasteiger partial charge is 0.381 e. The minimum absolute atomic E-state index is 0.205. The van der Waals surface area contributed by atoms with Crippen molar-refractivity contribution < 1.29 is 9.47 Å². The van der Waals surface area contributed by atoms with Gasteiger partial charge in [0.1, 0.15) is 0 Å². The zero-order valence-corrected chi connectivity index (χ0v) is 14.7. The first kappa shape index (κ1) is 16.9. The predicted molar refractivity (Wildman–Crippen MR) is 93.8 cm³/mol. The smallest absolute Gasteiger partial charge is 0.0599 e. The Labute approximate surface area is 141 Å². The number of hydrogen-bond donors (Lipinski definition) is 0. The minimum atomic E-state index is 0.205. The lowest BCUT2D eigenvalue weighted by atomic mass is 9.83. The van der Waals surface area contributed by atoms with Crippen LogP contribution in [0.1, 0.15) is 38.7 Å². The number of piperidine rings is 1. The molecule has 2 aliphatic heterocycles. The fourth-order valence-corrected chi connectivity index (χ4v) is 3.76. The highest BCUT2D eigenvalue weighted by molar-refractivity contribution is 5.23. The van der Waals surface area contributed by atoms with Crippen molar-refractivity contribution >= 4 is 0 Å². The third-order valence-corrected chi connectivity index (χ3v) is 5.30. The van der Waals surface area contributed by atoms with Gasteiger partial charge in [0.05, 0.1) is 19.3 Å². The van der Waals surface area contributed by atoms with Gasteiger partial charge in [-0.2, -0.15) is 0 Å². The van der Waals surface area contributed by atoms with E-state index in [1.807, 2.05) is 0 Å². The highest BCUT2D eigenvalue weighted by atomic mass is 16.5. The van der Waals surface area contributed by atoms with E-state index in [1.54, 1.807) is 0 Å². The Bertz CT molecular complexity index is 460. The van der Waals surface area contributed by atoms with Crippen molar-refractivity contribution in [3.8, 4) is 0 Å². The molecule has 0 bridgehead atoms. The third kappa shape index (κ3) is 4.79. The molecule has 2 aliphatic rings. The Balaban J connectivity index is 1.42. The predicted octanol–water partition coefficient (Wildman–Crippen LogP) is 3.48. The minimum Gasteiger partial charge on any atom is -0.381 e. The summed E-state index contributed by atoms with van der Waals surface area (Å²) in [7, 11) is 0. The first-order chi connectivity index (χ1) is 11.1. The lowest BCUT2D eigenvalue weighted by Crippen LogP contribution is -2.43. The topological polar surface area (TPSA) is 21.7 Å². The average molecular weight is 317 g/mol. The first-order valence-electron chi connectivity index (χ1n) is 9.11. The van der Waals surface area contributed by atoms with Gasteiger partial charge in [0.25, 0.3) is 0 Å². The molecular formula is C20H31NO2. The maximum atomic E-state index is 6.12. The van der Waals surface area contributed by atoms with Crippen molar-refractivity contribution in [2.45, 2.75) is 44.6 Å². The molecule has 128 valence electrons. The molecule has 0 N–H and O–H groups in total. The fourth-order valence-electron chi connectivity index (χ4n) is 3.76. The number of rotatable bonds is 6. The molecule has 0 aromatic heterocycles. The lowest BCUT2D eigenvalue weighted by Gasteiger charge is -2.37. The quantitative estimate of drug-likeness (QED) is 0.802. The Morgan fingerprint density at radius 2 is 1.87 bits per heavy atom. The maximum absolute atomic E-state index is 6.12. The highest BCUT2D eigenvalue weighted by Crippen LogP contribution is 2.26. The van der Waals surface area contributed by atoms with E-state index in [9.17, 15) is 0 Å². The summed E-state index contributed by atoms with van der Waals surface area (Å²) in [6.07, 6.45) is 3.95. The molecule has 3 rings (SSSR count). The second-order valence-corrected chi connectivity index (χ2v) is 7.79. The molecule has 0 amide bonds. The van der Waals surface area contributed by atoms with Crippen LogP contribution >= 0.6 is 0 Å². The van der Waals surface area contributed by atoms with Crippen LogP contribution in [0.5, 0.6) is 0 Å². The van der Waals surface area contributed by atoms with Gasteiger partial charge in [-0.3, -0.25) is 0 Å². The van der Waals surface area contributed by atoms with Crippen molar-refractivity contribution in [1.82, 2.24) is 4.90 Å². The van der Waals surface area contributed by atoms with Gasteiger partial charge < -0.3 is 14.4 Å². The van der Waals surface area contributed by atoms with Gasteiger partial charge in [0.15, 0.2) is 0 Å². The van der Waals surface area contributed by atoms with Gasteiger partial charge >= 0.3 is 0 Å². The van der Waals surface area contributed by atoms with Gasteiger partial charge in [-0.25, -0.2) is 0 Å². The maximum Gasteiger partial charge on any atom is 0.0599 e. The van der Waals surface area contributed by atoms with Gasteiger partial charge in [-0.15, -0.1) is 0 Å². The molecule has 2 heterocycles. The van der Waals surface area contributed by atoms with Crippen LogP contribution in [0.3, 0.4) is 0 Å². The monoisotopic (exact) mass is 317 g/mol. The number of benzene rings is 1. The molecule has 0 spiro atoms. The Morgan fingerprint density at radius 1 is 1.13 bits per heavy atom. The van der Waals surface area contributed by atoms with Crippen molar-refractivity contribution in [2.75, 3.05) is 39.5 Å². The van der Waals surface area contributed by atoms with Crippen molar-refractivity contribution in [1.29, 1.82) is 0 Å². The van der Waals surface area contributed by atoms with Crippen LogP contribution in [0.15, 0.2) is 30.3 Å². The van der Waals surface area contributed by atoms with Gasteiger partial charge in [0, 0.05) is 37.6 Å². The van der Waals surface area contributed by atoms with E-state index < -0.39 is 0 Å². The summed E-state index contributed by atoms with van der Waals surface area (Å²) in [5, 5.41) is 0. The molecule has 1 atom stereocenters. The molecule has 0 aliphatic carbocycles. The molecule has 1 aromatic rings. The van der Waals surface area contributed by atoms with Crippen LogP contribution in [0.2, 0.25) is 0 Å². The van der Waals surface area contributed by atoms with Crippen LogP contribution in [0.4, 0.5) is 0 Å². The van der Waals surface area contributed by atoms with Crippen LogP contribution in [0, 0.1) is 5.92 Å². The summed E-state index contributed by atoms with van der Waals surface area (Å²) < 4.78 is 11.5. The number of nitrogens with zero attached hydrogens (tertiary/aromatic N) is 1. The molecule has 3 heteroatoms. The number of hydrogen-bond acceptors (Lipinski definition) is 3. The highest BCUT2D eigenvalue weighted by Gasteiger charge is 2.28. The van der Waals surface area contributed by atoms with Crippen LogP contribution in [-0.4, -0.2) is 50.5 Å². The fraction of sp³-hybridized carbons (Fsp3) is 0.700. The van der Waals surface area contributed by atoms with Crippen LogP contribution in [0.25, 0.3) is 0 Å². The summed E-state index contributed by atoms with van der Waals surface area (Å²) in [6, 6.07) is 10.9. The van der Waals surface area contributed by atoms with Crippen LogP contribution in [-0.2, 0) is 14.9 Å². The van der Waals surface area contributed by atoms with E-state index in [4.69, 9.17) is 9.47 Å². The molecule has 0 unspecified atom stereocenters. The molecule has 2 saturated heterocycles. The Morgan fingerprint density at radius 3 is 2.52 bits per heavy atom. The first-order valence-corrected chi connectivity index (χ1v) is 9.11. The number of ether oxygens (including phenoxy) is 2. The van der Waals surface area contributed by atoms with E-state index in [0.717, 1.165) is 39.5 Å².